The molecule has 6 heteroatoms. The number of hydrogen-bond donors (Lipinski definition) is 1. The SMILES string of the molecule is CC(C)N(Cc1ccccc1)C(=O)c1cncc(C(=O)Nc2ccc(F)cc2)c1. The van der Waals surface area contributed by atoms with Gasteiger partial charge in [-0.15, -0.1) is 0 Å². The van der Waals surface area contributed by atoms with Crippen molar-refractivity contribution in [3.63, 3.8) is 0 Å². The van der Waals surface area contributed by atoms with E-state index < -0.39 is 5.91 Å². The minimum absolute atomic E-state index is 0.0283. The van der Waals surface area contributed by atoms with Gasteiger partial charge in [-0.25, -0.2) is 4.39 Å². The lowest BCUT2D eigenvalue weighted by Gasteiger charge is -2.27. The Kier molecular flexibility index (Phi) is 6.34. The zero-order chi connectivity index (χ0) is 20.8. The van der Waals surface area contributed by atoms with Gasteiger partial charge in [-0.2, -0.15) is 0 Å². The Balaban J connectivity index is 1.78. The molecule has 3 aromatic rings. The summed E-state index contributed by atoms with van der Waals surface area (Å²) in [6.45, 7) is 4.35. The van der Waals surface area contributed by atoms with Gasteiger partial charge in [0.1, 0.15) is 5.82 Å². The Morgan fingerprint density at radius 1 is 1.00 bits per heavy atom. The first kappa shape index (κ1) is 20.2. The Bertz CT molecular complexity index is 989. The smallest absolute Gasteiger partial charge is 0.257 e. The highest BCUT2D eigenvalue weighted by Gasteiger charge is 2.20. The largest absolute Gasteiger partial charge is 0.332 e. The van der Waals surface area contributed by atoms with E-state index >= 15 is 0 Å². The molecule has 0 unspecified atom stereocenters. The van der Waals surface area contributed by atoms with Crippen LogP contribution in [0.25, 0.3) is 0 Å². The molecule has 1 N–H and O–H groups in total. The summed E-state index contributed by atoms with van der Waals surface area (Å²) in [6, 6.07) is 16.7. The van der Waals surface area contributed by atoms with Crippen molar-refractivity contribution in [2.24, 2.45) is 0 Å². The molecule has 29 heavy (non-hydrogen) atoms. The van der Waals surface area contributed by atoms with Crippen molar-refractivity contribution in [1.82, 2.24) is 9.88 Å². The number of carbonyl (C=O) groups excluding carboxylic acids is 2. The van der Waals surface area contributed by atoms with Crippen LogP contribution >= 0.6 is 0 Å². The molecule has 0 aliphatic carbocycles. The summed E-state index contributed by atoms with van der Waals surface area (Å²) in [6.07, 6.45) is 2.85. The molecule has 0 atom stereocenters. The third kappa shape index (κ3) is 5.25. The van der Waals surface area contributed by atoms with Crippen molar-refractivity contribution in [3.8, 4) is 0 Å². The molecule has 5 nitrogen and oxygen atoms in total. The molecule has 148 valence electrons. The lowest BCUT2D eigenvalue weighted by atomic mass is 10.1. The second-order valence-corrected chi connectivity index (χ2v) is 6.94. The van der Waals surface area contributed by atoms with E-state index in [1.165, 1.54) is 42.7 Å². The fourth-order valence-corrected chi connectivity index (χ4v) is 2.85. The Morgan fingerprint density at radius 2 is 1.66 bits per heavy atom. The van der Waals surface area contributed by atoms with Crippen molar-refractivity contribution >= 4 is 17.5 Å². The predicted molar refractivity (Wildman–Crippen MR) is 110 cm³/mol. The normalized spacial score (nSPS) is 10.6. The van der Waals surface area contributed by atoms with Gasteiger partial charge in [0, 0.05) is 30.7 Å². The number of benzene rings is 2. The van der Waals surface area contributed by atoms with Gasteiger partial charge in [0.15, 0.2) is 0 Å². The topological polar surface area (TPSA) is 62.3 Å². The molecule has 0 fully saturated rings. The number of halogens is 1. The predicted octanol–water partition coefficient (Wildman–Crippen LogP) is 4.52. The van der Waals surface area contributed by atoms with Gasteiger partial charge in [0.05, 0.1) is 11.1 Å². The molecule has 2 amide bonds. The lowest BCUT2D eigenvalue weighted by Crippen LogP contribution is -2.36. The number of rotatable bonds is 6. The summed E-state index contributed by atoms with van der Waals surface area (Å²) in [7, 11) is 0. The number of pyridine rings is 1. The second kappa shape index (κ2) is 9.10. The van der Waals surface area contributed by atoms with Gasteiger partial charge in [-0.05, 0) is 49.7 Å². The van der Waals surface area contributed by atoms with Gasteiger partial charge in [-0.3, -0.25) is 14.6 Å². The first-order chi connectivity index (χ1) is 13.9. The van der Waals surface area contributed by atoms with Crippen molar-refractivity contribution < 1.29 is 14.0 Å². The van der Waals surface area contributed by atoms with Gasteiger partial charge >= 0.3 is 0 Å². The van der Waals surface area contributed by atoms with E-state index in [4.69, 9.17) is 0 Å². The first-order valence-electron chi connectivity index (χ1n) is 9.31. The minimum Gasteiger partial charge on any atom is -0.332 e. The molecule has 2 aromatic carbocycles. The average Bonchev–Trinajstić information content (AvgIpc) is 2.74. The van der Waals surface area contributed by atoms with Gasteiger partial charge < -0.3 is 10.2 Å². The van der Waals surface area contributed by atoms with Crippen LogP contribution in [0.1, 0.15) is 40.1 Å². The summed E-state index contributed by atoms with van der Waals surface area (Å²) in [5.74, 6) is -1.00. The molecule has 0 aliphatic heterocycles. The van der Waals surface area contributed by atoms with E-state index in [1.807, 2.05) is 44.2 Å². The standard InChI is InChI=1S/C23H22FN3O2/c1-16(2)27(15-17-6-4-3-5-7-17)23(29)19-12-18(13-25-14-19)22(28)26-21-10-8-20(24)9-11-21/h3-14,16H,15H2,1-2H3,(H,26,28). The van der Waals surface area contributed by atoms with E-state index in [9.17, 15) is 14.0 Å². The maximum atomic E-state index is 13.1. The molecule has 0 saturated heterocycles. The monoisotopic (exact) mass is 391 g/mol. The number of amides is 2. The fourth-order valence-electron chi connectivity index (χ4n) is 2.85. The zero-order valence-corrected chi connectivity index (χ0v) is 16.3. The number of hydrogen-bond acceptors (Lipinski definition) is 3. The van der Waals surface area contributed by atoms with Crippen molar-refractivity contribution in [3.05, 3.63) is 95.6 Å². The minimum atomic E-state index is -0.419. The van der Waals surface area contributed by atoms with E-state index in [1.54, 1.807) is 4.90 Å². The van der Waals surface area contributed by atoms with Crippen LogP contribution in [0.5, 0.6) is 0 Å². The van der Waals surface area contributed by atoms with E-state index in [-0.39, 0.29) is 23.3 Å². The van der Waals surface area contributed by atoms with Crippen LogP contribution in [0.15, 0.2) is 73.1 Å². The summed E-state index contributed by atoms with van der Waals surface area (Å²) >= 11 is 0. The molecule has 0 saturated carbocycles. The fraction of sp³-hybridized carbons (Fsp3) is 0.174. The third-order valence-electron chi connectivity index (χ3n) is 4.43. The van der Waals surface area contributed by atoms with Crippen molar-refractivity contribution in [2.45, 2.75) is 26.4 Å². The van der Waals surface area contributed by atoms with Gasteiger partial charge in [-0.1, -0.05) is 30.3 Å². The number of nitrogens with zero attached hydrogens (tertiary/aromatic N) is 2. The van der Waals surface area contributed by atoms with Crippen LogP contribution in [0, 0.1) is 5.82 Å². The van der Waals surface area contributed by atoms with Gasteiger partial charge in [0.25, 0.3) is 11.8 Å². The van der Waals surface area contributed by atoms with Crippen LogP contribution in [0.2, 0.25) is 0 Å². The number of nitrogens with one attached hydrogen (secondary N) is 1. The summed E-state index contributed by atoms with van der Waals surface area (Å²) in [5.41, 5.74) is 2.07. The number of aromatic nitrogens is 1. The van der Waals surface area contributed by atoms with Crippen LogP contribution in [0.4, 0.5) is 10.1 Å². The third-order valence-corrected chi connectivity index (χ3v) is 4.43. The summed E-state index contributed by atoms with van der Waals surface area (Å²) < 4.78 is 13.0. The van der Waals surface area contributed by atoms with Gasteiger partial charge in [0.2, 0.25) is 0 Å². The van der Waals surface area contributed by atoms with Crippen molar-refractivity contribution in [1.29, 1.82) is 0 Å². The number of anilines is 1. The highest BCUT2D eigenvalue weighted by atomic mass is 19.1. The van der Waals surface area contributed by atoms with Crippen LogP contribution in [0.3, 0.4) is 0 Å². The molecule has 3 rings (SSSR count). The van der Waals surface area contributed by atoms with Crippen LogP contribution in [-0.4, -0.2) is 27.7 Å². The molecule has 0 aliphatic rings. The first-order valence-corrected chi connectivity index (χ1v) is 9.31. The zero-order valence-electron chi connectivity index (χ0n) is 16.3. The average molecular weight is 391 g/mol. The molecular formula is C23H22FN3O2. The van der Waals surface area contributed by atoms with E-state index in [2.05, 4.69) is 10.3 Å². The molecule has 1 heterocycles. The second-order valence-electron chi connectivity index (χ2n) is 6.94. The lowest BCUT2D eigenvalue weighted by molar-refractivity contribution is 0.0690. The maximum absolute atomic E-state index is 13.1. The molecule has 0 radical (unpaired) electrons. The molecule has 0 spiro atoms. The van der Waals surface area contributed by atoms with E-state index in [0.717, 1.165) is 5.56 Å². The maximum Gasteiger partial charge on any atom is 0.257 e. The van der Waals surface area contributed by atoms with Crippen molar-refractivity contribution in [2.75, 3.05) is 5.32 Å². The highest BCUT2D eigenvalue weighted by Crippen LogP contribution is 2.15. The quantitative estimate of drug-likeness (QED) is 0.672. The highest BCUT2D eigenvalue weighted by molar-refractivity contribution is 6.05. The van der Waals surface area contributed by atoms with Crippen LogP contribution in [-0.2, 0) is 6.54 Å². The summed E-state index contributed by atoms with van der Waals surface area (Å²) in [5, 5.41) is 2.67. The summed E-state index contributed by atoms with van der Waals surface area (Å²) in [4.78, 5) is 31.4. The molecule has 1 aromatic heterocycles. The Morgan fingerprint density at radius 3 is 2.31 bits per heavy atom. The Hall–Kier alpha value is -3.54. The van der Waals surface area contributed by atoms with E-state index in [0.29, 0.717) is 17.8 Å². The van der Waals surface area contributed by atoms with Crippen LogP contribution < -0.4 is 5.32 Å². The molecular weight excluding hydrogens is 369 g/mol. The Labute approximate surface area is 169 Å². The number of carbonyl (C=O) groups is 2. The molecule has 0 bridgehead atoms.